The first-order valence-corrected chi connectivity index (χ1v) is 10.0. The van der Waals surface area contributed by atoms with E-state index < -0.39 is 6.04 Å². The topological polar surface area (TPSA) is 63.7 Å². The van der Waals surface area contributed by atoms with Crippen molar-refractivity contribution in [3.8, 4) is 0 Å². The van der Waals surface area contributed by atoms with Crippen molar-refractivity contribution in [1.82, 2.24) is 4.90 Å². The van der Waals surface area contributed by atoms with Gasteiger partial charge in [0.2, 0.25) is 5.76 Å². The zero-order valence-corrected chi connectivity index (χ0v) is 17.2. The van der Waals surface area contributed by atoms with E-state index in [1.54, 1.807) is 41.5 Å². The summed E-state index contributed by atoms with van der Waals surface area (Å²) in [7, 11) is 0. The molecule has 0 bridgehead atoms. The van der Waals surface area contributed by atoms with Crippen LogP contribution in [0.15, 0.2) is 79.0 Å². The number of halogens is 2. The maximum absolute atomic E-state index is 13.4. The highest BCUT2D eigenvalue weighted by Gasteiger charge is 2.43. The van der Waals surface area contributed by atoms with Gasteiger partial charge in [-0.3, -0.25) is 9.59 Å². The van der Waals surface area contributed by atoms with E-state index in [-0.39, 0.29) is 23.6 Å². The molecule has 1 atom stereocenters. The Morgan fingerprint density at radius 1 is 1.07 bits per heavy atom. The Morgan fingerprint density at radius 2 is 1.93 bits per heavy atom. The van der Waals surface area contributed by atoms with Gasteiger partial charge in [-0.2, -0.15) is 0 Å². The molecule has 1 aliphatic heterocycles. The van der Waals surface area contributed by atoms with Gasteiger partial charge < -0.3 is 13.7 Å². The Morgan fingerprint density at radius 3 is 2.69 bits per heavy atom. The second-order valence-electron chi connectivity index (χ2n) is 6.78. The number of fused-ring (bicyclic) bond motifs is 2. The highest BCUT2D eigenvalue weighted by molar-refractivity contribution is 9.10. The maximum atomic E-state index is 13.4. The van der Waals surface area contributed by atoms with Gasteiger partial charge in [0.25, 0.3) is 5.91 Å². The molecule has 0 saturated carbocycles. The zero-order chi connectivity index (χ0) is 20.1. The second-order valence-corrected chi connectivity index (χ2v) is 8.14. The number of amides is 1. The van der Waals surface area contributed by atoms with Crippen molar-refractivity contribution in [3.63, 3.8) is 0 Å². The van der Waals surface area contributed by atoms with Crippen molar-refractivity contribution < 1.29 is 13.6 Å². The summed E-state index contributed by atoms with van der Waals surface area (Å²) in [4.78, 5) is 28.3. The average Bonchev–Trinajstić information content (AvgIpc) is 3.31. The van der Waals surface area contributed by atoms with Crippen molar-refractivity contribution in [2.75, 3.05) is 0 Å². The summed E-state index contributed by atoms with van der Waals surface area (Å²) in [5.74, 6) is 0.322. The van der Waals surface area contributed by atoms with Crippen molar-refractivity contribution >= 4 is 44.4 Å². The Labute approximate surface area is 178 Å². The minimum atomic E-state index is -0.597. The molecule has 5 rings (SSSR count). The quantitative estimate of drug-likeness (QED) is 0.394. The predicted molar refractivity (Wildman–Crippen MR) is 112 cm³/mol. The van der Waals surface area contributed by atoms with E-state index in [1.165, 1.54) is 0 Å². The van der Waals surface area contributed by atoms with Gasteiger partial charge in [-0.25, -0.2) is 0 Å². The lowest BCUT2D eigenvalue weighted by Gasteiger charge is -2.24. The minimum Gasteiger partial charge on any atom is -0.467 e. The first-order chi connectivity index (χ1) is 14.0. The molecule has 7 heteroatoms. The Kier molecular flexibility index (Phi) is 4.33. The van der Waals surface area contributed by atoms with Crippen LogP contribution in [0.2, 0.25) is 5.02 Å². The van der Waals surface area contributed by atoms with Gasteiger partial charge in [0.15, 0.2) is 5.43 Å². The van der Waals surface area contributed by atoms with Gasteiger partial charge in [-0.1, -0.05) is 39.7 Å². The first-order valence-electron chi connectivity index (χ1n) is 8.88. The van der Waals surface area contributed by atoms with Crippen LogP contribution in [-0.4, -0.2) is 10.8 Å². The summed E-state index contributed by atoms with van der Waals surface area (Å²) in [5, 5.41) is 0.782. The SMILES string of the molecule is O=C1c2oc3ccc(Cl)cc3c(=O)c2C(c2cccc(Br)c2)N1Cc1ccco1. The summed E-state index contributed by atoms with van der Waals surface area (Å²) in [5.41, 5.74) is 1.18. The summed E-state index contributed by atoms with van der Waals surface area (Å²) in [6, 6.07) is 15.3. The Bertz CT molecular complexity index is 1310. The summed E-state index contributed by atoms with van der Waals surface area (Å²) >= 11 is 9.56. The van der Waals surface area contributed by atoms with Gasteiger partial charge in [0.1, 0.15) is 11.3 Å². The number of hydrogen-bond donors (Lipinski definition) is 0. The van der Waals surface area contributed by atoms with Crippen LogP contribution in [0.1, 0.15) is 33.5 Å². The van der Waals surface area contributed by atoms with Gasteiger partial charge in [-0.05, 0) is 48.0 Å². The van der Waals surface area contributed by atoms with Crippen LogP contribution < -0.4 is 5.43 Å². The molecule has 4 aromatic rings. The standard InChI is InChI=1S/C22H13BrClNO4/c23-13-4-1-3-12(9-13)19-18-20(26)16-10-14(24)6-7-17(16)29-21(18)22(27)25(19)11-15-5-2-8-28-15/h1-10,19H,11H2. The maximum Gasteiger partial charge on any atom is 0.291 e. The normalized spacial score (nSPS) is 15.9. The van der Waals surface area contributed by atoms with E-state index in [0.717, 1.165) is 10.0 Å². The molecule has 0 radical (unpaired) electrons. The number of hydrogen-bond acceptors (Lipinski definition) is 4. The minimum absolute atomic E-state index is 0.0568. The molecule has 1 aliphatic rings. The van der Waals surface area contributed by atoms with Gasteiger partial charge >= 0.3 is 0 Å². The molecule has 1 unspecified atom stereocenters. The number of nitrogens with zero attached hydrogens (tertiary/aromatic N) is 1. The third-order valence-corrected chi connectivity index (χ3v) is 5.73. The first kappa shape index (κ1) is 18.2. The molecule has 0 saturated heterocycles. The lowest BCUT2D eigenvalue weighted by molar-refractivity contribution is 0.0701. The molecule has 0 spiro atoms. The smallest absolute Gasteiger partial charge is 0.291 e. The van der Waals surface area contributed by atoms with Crippen molar-refractivity contribution in [3.05, 3.63) is 103 Å². The zero-order valence-electron chi connectivity index (χ0n) is 14.9. The third-order valence-electron chi connectivity index (χ3n) is 5.00. The monoisotopic (exact) mass is 469 g/mol. The van der Waals surface area contributed by atoms with Crippen LogP contribution in [0.5, 0.6) is 0 Å². The fraction of sp³-hybridized carbons (Fsp3) is 0.0909. The predicted octanol–water partition coefficient (Wildman–Crippen LogP) is 5.55. The number of benzene rings is 2. The molecule has 1 amide bonds. The van der Waals surface area contributed by atoms with Crippen LogP contribution in [0.25, 0.3) is 11.0 Å². The molecule has 3 heterocycles. The third kappa shape index (κ3) is 2.99. The molecular weight excluding hydrogens is 458 g/mol. The number of carbonyl (C=O) groups excluding carboxylic acids is 1. The fourth-order valence-corrected chi connectivity index (χ4v) is 4.34. The lowest BCUT2D eigenvalue weighted by atomic mass is 9.98. The van der Waals surface area contributed by atoms with Gasteiger partial charge in [-0.15, -0.1) is 0 Å². The Balaban J connectivity index is 1.77. The average molecular weight is 471 g/mol. The number of rotatable bonds is 3. The second kappa shape index (κ2) is 6.90. The van der Waals surface area contributed by atoms with Crippen molar-refractivity contribution in [2.45, 2.75) is 12.6 Å². The van der Waals surface area contributed by atoms with E-state index in [9.17, 15) is 9.59 Å². The van der Waals surface area contributed by atoms with Crippen molar-refractivity contribution in [1.29, 1.82) is 0 Å². The highest BCUT2D eigenvalue weighted by Crippen LogP contribution is 2.39. The molecule has 29 heavy (non-hydrogen) atoms. The molecule has 0 N–H and O–H groups in total. The van der Waals surface area contributed by atoms with Crippen LogP contribution in [0.3, 0.4) is 0 Å². The van der Waals surface area contributed by atoms with Gasteiger partial charge in [0, 0.05) is 9.50 Å². The van der Waals surface area contributed by atoms with E-state index in [2.05, 4.69) is 15.9 Å². The van der Waals surface area contributed by atoms with Crippen LogP contribution >= 0.6 is 27.5 Å². The fourth-order valence-electron chi connectivity index (χ4n) is 3.75. The highest BCUT2D eigenvalue weighted by atomic mass is 79.9. The molecule has 144 valence electrons. The molecular formula is C22H13BrClNO4. The number of carbonyl (C=O) groups is 1. The molecule has 0 aliphatic carbocycles. The van der Waals surface area contributed by atoms with Crippen LogP contribution in [0, 0.1) is 0 Å². The number of furan rings is 1. The van der Waals surface area contributed by atoms with Crippen LogP contribution in [0.4, 0.5) is 0 Å². The van der Waals surface area contributed by atoms with Gasteiger partial charge in [0.05, 0.1) is 29.8 Å². The largest absolute Gasteiger partial charge is 0.467 e. The van der Waals surface area contributed by atoms with Crippen molar-refractivity contribution in [2.24, 2.45) is 0 Å². The van der Waals surface area contributed by atoms with E-state index in [0.29, 0.717) is 27.3 Å². The molecule has 0 fully saturated rings. The summed E-state index contributed by atoms with van der Waals surface area (Å²) < 4.78 is 12.2. The van der Waals surface area contributed by atoms with E-state index in [4.69, 9.17) is 20.4 Å². The lowest BCUT2D eigenvalue weighted by Crippen LogP contribution is -2.29. The molecule has 5 nitrogen and oxygen atoms in total. The van der Waals surface area contributed by atoms with Crippen LogP contribution in [-0.2, 0) is 6.54 Å². The Hall–Kier alpha value is -2.83. The molecule has 2 aromatic heterocycles. The van der Waals surface area contributed by atoms with E-state index >= 15 is 0 Å². The summed E-state index contributed by atoms with van der Waals surface area (Å²) in [6.07, 6.45) is 1.55. The summed E-state index contributed by atoms with van der Waals surface area (Å²) in [6.45, 7) is 0.212. The molecule has 2 aromatic carbocycles. The van der Waals surface area contributed by atoms with E-state index in [1.807, 2.05) is 24.3 Å².